The van der Waals surface area contributed by atoms with Gasteiger partial charge in [-0.25, -0.2) is 0 Å². The van der Waals surface area contributed by atoms with E-state index in [2.05, 4.69) is 11.8 Å². The van der Waals surface area contributed by atoms with Crippen LogP contribution in [0.5, 0.6) is 0 Å². The molecule has 0 bridgehead atoms. The standard InChI is InChI=1S/Fe.Li.Mn.H3O3PS.H/c;;;1-4(2,3)5;/h;;;(H3,1,2,3,5);/q;+1;;;-1. The maximum Gasteiger partial charge on any atom is 1.00 e. The van der Waals surface area contributed by atoms with Crippen molar-refractivity contribution in [1.82, 2.24) is 0 Å². The topological polar surface area (TPSA) is 60.7 Å². The van der Waals surface area contributed by atoms with Crippen molar-refractivity contribution in [1.29, 1.82) is 0 Å². The molecular weight excluding hydrogens is 229 g/mol. The molecule has 0 unspecified atom stereocenters. The van der Waals surface area contributed by atoms with E-state index in [1.54, 1.807) is 0 Å². The SMILES string of the molecule is OP(O)(O)=S.[Fe].[H-].[Li+].[Mn]. The Morgan fingerprint density at radius 1 is 1.25 bits per heavy atom. The fourth-order valence-electron chi connectivity index (χ4n) is 0. The molecule has 0 saturated carbocycles. The Labute approximate surface area is 87.1 Å². The van der Waals surface area contributed by atoms with Crippen molar-refractivity contribution in [3.8, 4) is 0 Å². The Hall–Kier alpha value is 2.17. The second-order valence-electron chi connectivity index (χ2n) is 0.513. The first-order valence-electron chi connectivity index (χ1n) is 0.783. The average Bonchev–Trinajstić information content (AvgIpc) is 0.722. The van der Waals surface area contributed by atoms with Gasteiger partial charge in [-0.15, -0.1) is 0 Å². The Bertz CT molecular complexity index is 69.9. The van der Waals surface area contributed by atoms with Gasteiger partial charge in [-0.3, -0.25) is 0 Å². The van der Waals surface area contributed by atoms with Crippen molar-refractivity contribution < 1.29 is 69.1 Å². The zero-order valence-electron chi connectivity index (χ0n) is 4.93. The molecular formula is H4FeLiMnO3PS. The molecule has 8 heavy (non-hydrogen) atoms. The first kappa shape index (κ1) is 22.5. The van der Waals surface area contributed by atoms with Crippen LogP contribution in [0.15, 0.2) is 0 Å². The van der Waals surface area contributed by atoms with E-state index < -0.39 is 6.72 Å². The van der Waals surface area contributed by atoms with E-state index in [4.69, 9.17) is 14.7 Å². The molecule has 0 heterocycles. The zero-order valence-corrected chi connectivity index (χ0v) is 7.92. The van der Waals surface area contributed by atoms with Crippen molar-refractivity contribution >= 4 is 18.5 Å². The third-order valence-electron chi connectivity index (χ3n) is 0. The Balaban J connectivity index is -0.0000000133. The van der Waals surface area contributed by atoms with Crippen LogP contribution in [0.2, 0.25) is 0 Å². The minimum absolute atomic E-state index is 0. The minimum atomic E-state index is -3.81. The van der Waals surface area contributed by atoms with E-state index in [0.717, 1.165) is 0 Å². The van der Waals surface area contributed by atoms with Crippen LogP contribution in [0.4, 0.5) is 0 Å². The summed E-state index contributed by atoms with van der Waals surface area (Å²) in [5.41, 5.74) is 0. The van der Waals surface area contributed by atoms with Crippen LogP contribution >= 0.6 is 6.72 Å². The molecule has 0 saturated heterocycles. The molecule has 8 heteroatoms. The molecule has 0 aromatic carbocycles. The van der Waals surface area contributed by atoms with E-state index >= 15 is 0 Å². The van der Waals surface area contributed by atoms with Crippen LogP contribution in [0.25, 0.3) is 0 Å². The summed E-state index contributed by atoms with van der Waals surface area (Å²) in [5.74, 6) is 0. The molecule has 3 nitrogen and oxygen atoms in total. The summed E-state index contributed by atoms with van der Waals surface area (Å²) in [6, 6.07) is 0. The summed E-state index contributed by atoms with van der Waals surface area (Å²) >= 11 is 3.60. The van der Waals surface area contributed by atoms with Crippen LogP contribution in [-0.4, -0.2) is 14.7 Å². The van der Waals surface area contributed by atoms with E-state index in [9.17, 15) is 0 Å². The van der Waals surface area contributed by atoms with Gasteiger partial charge in [0.25, 0.3) is 0 Å². The largest absolute Gasteiger partial charge is 1.00 e. The van der Waals surface area contributed by atoms with Crippen LogP contribution < -0.4 is 18.9 Å². The van der Waals surface area contributed by atoms with Crippen molar-refractivity contribution in [2.45, 2.75) is 0 Å². The summed E-state index contributed by atoms with van der Waals surface area (Å²) in [6.45, 7) is -3.81. The van der Waals surface area contributed by atoms with Crippen molar-refractivity contribution in [2.24, 2.45) is 0 Å². The van der Waals surface area contributed by atoms with Gasteiger partial charge in [0, 0.05) is 34.1 Å². The molecule has 3 N–H and O–H groups in total. The molecule has 0 aliphatic carbocycles. The molecule has 0 atom stereocenters. The Morgan fingerprint density at radius 3 is 1.25 bits per heavy atom. The van der Waals surface area contributed by atoms with Crippen LogP contribution in [0.3, 0.4) is 0 Å². The van der Waals surface area contributed by atoms with Gasteiger partial charge in [-0.1, -0.05) is 0 Å². The normalized spacial score (nSPS) is 7.38. The van der Waals surface area contributed by atoms with Gasteiger partial charge >= 0.3 is 25.6 Å². The van der Waals surface area contributed by atoms with Gasteiger partial charge in [0.05, 0.1) is 0 Å². The van der Waals surface area contributed by atoms with Gasteiger partial charge in [0.2, 0.25) is 0 Å². The molecule has 0 aromatic heterocycles. The van der Waals surface area contributed by atoms with Gasteiger partial charge in [0.15, 0.2) is 0 Å². The number of hydrogen-bond donors (Lipinski definition) is 3. The Kier molecular flexibility index (Phi) is 25.7. The predicted molar refractivity (Wildman–Crippen MR) is 22.1 cm³/mol. The molecule has 0 rings (SSSR count). The third-order valence-corrected chi connectivity index (χ3v) is 0. The molecule has 0 aromatic rings. The van der Waals surface area contributed by atoms with Gasteiger partial charge in [0.1, 0.15) is 0 Å². The van der Waals surface area contributed by atoms with Crippen molar-refractivity contribution in [2.75, 3.05) is 0 Å². The van der Waals surface area contributed by atoms with Gasteiger partial charge in [-0.05, 0) is 11.8 Å². The average molecular weight is 233 g/mol. The van der Waals surface area contributed by atoms with Crippen molar-refractivity contribution in [3.05, 3.63) is 0 Å². The first-order chi connectivity index (χ1) is 2.00. The van der Waals surface area contributed by atoms with E-state index in [0.29, 0.717) is 0 Å². The van der Waals surface area contributed by atoms with Crippen molar-refractivity contribution in [3.63, 3.8) is 0 Å². The number of rotatable bonds is 0. The first-order valence-corrected chi connectivity index (χ1v) is 3.44. The smallest absolute Gasteiger partial charge is 1.00 e. The molecule has 0 aliphatic heterocycles. The van der Waals surface area contributed by atoms with Gasteiger partial charge in [-0.2, -0.15) is 0 Å². The second-order valence-corrected chi connectivity index (χ2v) is 3.01. The summed E-state index contributed by atoms with van der Waals surface area (Å²) in [5, 5.41) is 0. The second kappa shape index (κ2) is 9.17. The maximum atomic E-state index is 7.56. The number of hydrogen-bond acceptors (Lipinski definition) is 1. The fraction of sp³-hybridized carbons (Fsp3) is 0. The quantitative estimate of drug-likeness (QED) is 0.297. The summed E-state index contributed by atoms with van der Waals surface area (Å²) < 4.78 is 0. The molecule has 1 radical (unpaired) electrons. The van der Waals surface area contributed by atoms with Crippen LogP contribution in [-0.2, 0) is 45.9 Å². The summed E-state index contributed by atoms with van der Waals surface area (Å²) in [7, 11) is 0. The van der Waals surface area contributed by atoms with Gasteiger partial charge < -0.3 is 16.1 Å². The van der Waals surface area contributed by atoms with Crippen LogP contribution in [0.1, 0.15) is 1.43 Å². The fourth-order valence-corrected chi connectivity index (χ4v) is 0. The molecule has 0 aliphatic rings. The predicted octanol–water partition coefficient (Wildman–Crippen LogP) is -3.70. The van der Waals surface area contributed by atoms with Crippen LogP contribution in [0, 0.1) is 0 Å². The summed E-state index contributed by atoms with van der Waals surface area (Å²) in [6.07, 6.45) is 0. The van der Waals surface area contributed by atoms with E-state index in [-0.39, 0.29) is 54.4 Å². The minimum Gasteiger partial charge on any atom is -1.00 e. The summed E-state index contributed by atoms with van der Waals surface area (Å²) in [4.78, 5) is 22.7. The molecule has 0 amide bonds. The molecule has 0 spiro atoms. The third kappa shape index (κ3) is 89.4. The monoisotopic (exact) mass is 233 g/mol. The maximum absolute atomic E-state index is 7.56. The molecule has 49 valence electrons. The van der Waals surface area contributed by atoms with E-state index in [1.807, 2.05) is 0 Å². The Morgan fingerprint density at radius 2 is 1.25 bits per heavy atom. The zero-order chi connectivity index (χ0) is 4.50. The van der Waals surface area contributed by atoms with E-state index in [1.165, 1.54) is 0 Å². The molecule has 0 fully saturated rings.